The monoisotopic (exact) mass is 270 g/mol. The third-order valence-corrected chi connectivity index (χ3v) is 3.24. The average Bonchev–Trinajstić information content (AvgIpc) is 2.38. The van der Waals surface area contributed by atoms with Crippen molar-refractivity contribution in [3.05, 3.63) is 22.8 Å². The van der Waals surface area contributed by atoms with Crippen molar-refractivity contribution in [2.45, 2.75) is 6.04 Å². The number of nitrogens with one attached hydrogen (secondary N) is 1. The smallest absolute Gasteiger partial charge is 0.148 e. The Balaban J connectivity index is 2.37. The molecular weight excluding hydrogens is 256 g/mol. The third-order valence-electron chi connectivity index (χ3n) is 2.87. The van der Waals surface area contributed by atoms with E-state index in [2.05, 4.69) is 4.98 Å². The van der Waals surface area contributed by atoms with Crippen molar-refractivity contribution in [1.82, 2.24) is 4.98 Å². The summed E-state index contributed by atoms with van der Waals surface area (Å²) in [5.74, 6) is 0.434. The second-order valence-electron chi connectivity index (χ2n) is 4.01. The molecule has 1 atom stereocenters. The van der Waals surface area contributed by atoms with Crippen molar-refractivity contribution in [2.24, 2.45) is 5.73 Å². The van der Waals surface area contributed by atoms with Gasteiger partial charge in [0.05, 0.1) is 30.9 Å². The molecule has 2 heterocycles. The van der Waals surface area contributed by atoms with E-state index in [9.17, 15) is 5.11 Å². The van der Waals surface area contributed by atoms with Gasteiger partial charge in [-0.15, -0.1) is 0 Å². The first-order valence-corrected chi connectivity index (χ1v) is 5.97. The largest absolute Gasteiger partial charge is 0.394 e. The molecule has 1 saturated heterocycles. The molecule has 0 saturated carbocycles. The summed E-state index contributed by atoms with van der Waals surface area (Å²) in [6.07, 6.45) is 1.56. The number of halogens is 1. The van der Waals surface area contributed by atoms with E-state index < -0.39 is 0 Å². The van der Waals surface area contributed by atoms with E-state index in [-0.39, 0.29) is 18.5 Å². The van der Waals surface area contributed by atoms with Crippen LogP contribution in [0.15, 0.2) is 12.3 Å². The molecule has 1 aromatic rings. The molecule has 98 valence electrons. The van der Waals surface area contributed by atoms with E-state index in [4.69, 9.17) is 27.5 Å². The molecule has 1 unspecified atom stereocenters. The van der Waals surface area contributed by atoms with Gasteiger partial charge in [0.15, 0.2) is 0 Å². The third kappa shape index (κ3) is 2.40. The van der Waals surface area contributed by atoms with Gasteiger partial charge in [0, 0.05) is 18.3 Å². The van der Waals surface area contributed by atoms with Gasteiger partial charge in [-0.3, -0.25) is 5.41 Å². The van der Waals surface area contributed by atoms with Crippen molar-refractivity contribution in [3.63, 3.8) is 0 Å². The van der Waals surface area contributed by atoms with Crippen LogP contribution in [0.3, 0.4) is 0 Å². The van der Waals surface area contributed by atoms with E-state index in [1.807, 2.05) is 4.90 Å². The lowest BCUT2D eigenvalue weighted by atomic mass is 10.2. The summed E-state index contributed by atoms with van der Waals surface area (Å²) < 4.78 is 5.30. The molecule has 1 aromatic heterocycles. The van der Waals surface area contributed by atoms with Crippen molar-refractivity contribution >= 4 is 23.3 Å². The summed E-state index contributed by atoms with van der Waals surface area (Å²) in [7, 11) is 0. The van der Waals surface area contributed by atoms with Gasteiger partial charge in [0.25, 0.3) is 0 Å². The van der Waals surface area contributed by atoms with Crippen molar-refractivity contribution in [3.8, 4) is 0 Å². The molecule has 7 heteroatoms. The van der Waals surface area contributed by atoms with Crippen LogP contribution < -0.4 is 10.6 Å². The fourth-order valence-corrected chi connectivity index (χ4v) is 2.25. The van der Waals surface area contributed by atoms with E-state index in [0.717, 1.165) is 0 Å². The Hall–Kier alpha value is -1.37. The maximum atomic E-state index is 9.33. The number of rotatable bonds is 3. The topological polar surface area (TPSA) is 95.5 Å². The number of anilines is 1. The molecule has 4 N–H and O–H groups in total. The van der Waals surface area contributed by atoms with E-state index in [1.54, 1.807) is 12.3 Å². The number of hydrogen-bond donors (Lipinski definition) is 3. The minimum absolute atomic E-state index is 0.0394. The number of amidine groups is 1. The molecular formula is C11H15ClN4O2. The standard InChI is InChI=1S/C11H15ClN4O2/c12-9-8(10(13)14)1-2-15-11(9)16-3-4-18-6-7(16)5-17/h1-2,7,17H,3-6H2,(H3,13,14). The number of nitrogens with two attached hydrogens (primary N) is 1. The first kappa shape index (κ1) is 13.1. The van der Waals surface area contributed by atoms with Crippen molar-refractivity contribution in [2.75, 3.05) is 31.3 Å². The van der Waals surface area contributed by atoms with Crippen molar-refractivity contribution < 1.29 is 9.84 Å². The van der Waals surface area contributed by atoms with Gasteiger partial charge in [0.1, 0.15) is 11.7 Å². The molecule has 0 aromatic carbocycles. The molecule has 0 bridgehead atoms. The minimum Gasteiger partial charge on any atom is -0.394 e. The van der Waals surface area contributed by atoms with Crippen LogP contribution in [0.5, 0.6) is 0 Å². The molecule has 1 fully saturated rings. The second kappa shape index (κ2) is 5.51. The van der Waals surface area contributed by atoms with Gasteiger partial charge in [-0.25, -0.2) is 4.98 Å². The fourth-order valence-electron chi connectivity index (χ4n) is 1.93. The van der Waals surface area contributed by atoms with Gasteiger partial charge in [-0.05, 0) is 6.07 Å². The number of pyridine rings is 1. The summed E-state index contributed by atoms with van der Waals surface area (Å²) >= 11 is 6.21. The average molecular weight is 271 g/mol. The van der Waals surface area contributed by atoms with E-state index >= 15 is 0 Å². The molecule has 1 aliphatic heterocycles. The molecule has 0 radical (unpaired) electrons. The number of aromatic nitrogens is 1. The summed E-state index contributed by atoms with van der Waals surface area (Å²) in [6.45, 7) is 1.54. The van der Waals surface area contributed by atoms with E-state index in [0.29, 0.717) is 36.2 Å². The number of aliphatic hydroxyl groups excluding tert-OH is 1. The number of hydrogen-bond acceptors (Lipinski definition) is 5. The van der Waals surface area contributed by atoms with Gasteiger partial charge >= 0.3 is 0 Å². The zero-order valence-electron chi connectivity index (χ0n) is 9.77. The maximum absolute atomic E-state index is 9.33. The minimum atomic E-state index is -0.175. The van der Waals surface area contributed by atoms with Gasteiger partial charge < -0.3 is 20.5 Å². The number of aliphatic hydroxyl groups is 1. The lowest BCUT2D eigenvalue weighted by molar-refractivity contribution is 0.0723. The number of ether oxygens (including phenoxy) is 1. The Morgan fingerprint density at radius 3 is 3.17 bits per heavy atom. The number of nitrogen functional groups attached to an aromatic ring is 1. The highest BCUT2D eigenvalue weighted by Crippen LogP contribution is 2.28. The normalized spacial score (nSPS) is 19.9. The first-order valence-electron chi connectivity index (χ1n) is 5.59. The lowest BCUT2D eigenvalue weighted by Crippen LogP contribution is -2.48. The predicted molar refractivity (Wildman–Crippen MR) is 69.3 cm³/mol. The molecule has 0 spiro atoms. The zero-order chi connectivity index (χ0) is 13.1. The number of nitrogens with zero attached hydrogens (tertiary/aromatic N) is 2. The Bertz CT molecular complexity index is 455. The van der Waals surface area contributed by atoms with Crippen molar-refractivity contribution in [1.29, 1.82) is 5.41 Å². The van der Waals surface area contributed by atoms with Crippen LogP contribution in [0.1, 0.15) is 5.56 Å². The summed E-state index contributed by atoms with van der Waals surface area (Å²) in [4.78, 5) is 6.11. The van der Waals surface area contributed by atoms with Crippen LogP contribution in [0.25, 0.3) is 0 Å². The number of morpholine rings is 1. The fraction of sp³-hybridized carbons (Fsp3) is 0.455. The van der Waals surface area contributed by atoms with Crippen LogP contribution in [0.4, 0.5) is 5.82 Å². The van der Waals surface area contributed by atoms with Crippen LogP contribution in [0.2, 0.25) is 5.02 Å². The van der Waals surface area contributed by atoms with Crippen LogP contribution in [-0.2, 0) is 4.74 Å². The summed E-state index contributed by atoms with van der Waals surface area (Å²) in [6, 6.07) is 1.42. The van der Waals surface area contributed by atoms with E-state index in [1.165, 1.54) is 0 Å². The second-order valence-corrected chi connectivity index (χ2v) is 4.39. The summed E-state index contributed by atoms with van der Waals surface area (Å²) in [5.41, 5.74) is 5.91. The molecule has 2 rings (SSSR count). The Morgan fingerprint density at radius 1 is 1.72 bits per heavy atom. The highest BCUT2D eigenvalue weighted by Gasteiger charge is 2.26. The maximum Gasteiger partial charge on any atom is 0.148 e. The van der Waals surface area contributed by atoms with Gasteiger partial charge in [0.2, 0.25) is 0 Å². The lowest BCUT2D eigenvalue weighted by Gasteiger charge is -2.36. The zero-order valence-corrected chi connectivity index (χ0v) is 10.5. The Morgan fingerprint density at radius 2 is 2.50 bits per heavy atom. The highest BCUT2D eigenvalue weighted by molar-refractivity contribution is 6.36. The Kier molecular flexibility index (Phi) is 4.00. The highest BCUT2D eigenvalue weighted by atomic mass is 35.5. The molecule has 1 aliphatic rings. The quantitative estimate of drug-likeness (QED) is 0.539. The predicted octanol–water partition coefficient (Wildman–Crippen LogP) is 0.217. The van der Waals surface area contributed by atoms with Crippen LogP contribution in [-0.4, -0.2) is 48.3 Å². The molecule has 0 amide bonds. The summed E-state index contributed by atoms with van der Waals surface area (Å²) in [5, 5.41) is 17.1. The van der Waals surface area contributed by atoms with Gasteiger partial charge in [-0.1, -0.05) is 11.6 Å². The van der Waals surface area contributed by atoms with Crippen LogP contribution in [0, 0.1) is 5.41 Å². The molecule has 6 nitrogen and oxygen atoms in total. The first-order chi connectivity index (χ1) is 8.65. The molecule has 18 heavy (non-hydrogen) atoms. The molecule has 0 aliphatic carbocycles. The van der Waals surface area contributed by atoms with Gasteiger partial charge in [-0.2, -0.15) is 0 Å². The van der Waals surface area contributed by atoms with Crippen LogP contribution >= 0.6 is 11.6 Å². The SMILES string of the molecule is N=C(N)c1ccnc(N2CCOCC2CO)c1Cl. The Labute approximate surface area is 110 Å².